The maximum absolute atomic E-state index is 11.1. The molecule has 0 saturated heterocycles. The Labute approximate surface area is 103 Å². The van der Waals surface area contributed by atoms with Gasteiger partial charge in [-0.05, 0) is 18.2 Å². The summed E-state index contributed by atoms with van der Waals surface area (Å²) < 4.78 is 0. The molecule has 0 unspecified atom stereocenters. The Morgan fingerprint density at radius 2 is 1.89 bits per heavy atom. The highest BCUT2D eigenvalue weighted by atomic mass is 16.4. The van der Waals surface area contributed by atoms with Gasteiger partial charge in [0.25, 0.3) is 0 Å². The average molecular weight is 245 g/mol. The molecule has 0 radical (unpaired) electrons. The zero-order valence-corrected chi connectivity index (χ0v) is 9.60. The van der Waals surface area contributed by atoms with Crippen LogP contribution in [0, 0.1) is 0 Å². The van der Waals surface area contributed by atoms with E-state index >= 15 is 0 Å². The molecule has 2 aromatic rings. The molecule has 92 valence electrons. The summed E-state index contributed by atoms with van der Waals surface area (Å²) in [5, 5.41) is 22.3. The first kappa shape index (κ1) is 11.9. The van der Waals surface area contributed by atoms with Gasteiger partial charge in [0.05, 0.1) is 5.56 Å². The quantitative estimate of drug-likeness (QED) is 0.757. The van der Waals surface area contributed by atoms with E-state index in [1.54, 1.807) is 18.2 Å². The van der Waals surface area contributed by atoms with Gasteiger partial charge in [-0.1, -0.05) is 12.1 Å². The number of phenolic OH excluding ortho intramolecular Hbond substituents is 1. The first-order chi connectivity index (χ1) is 8.49. The Hall–Kier alpha value is -2.56. The van der Waals surface area contributed by atoms with Crippen LogP contribution in [0.2, 0.25) is 0 Å². The van der Waals surface area contributed by atoms with Crippen molar-refractivity contribution < 1.29 is 19.8 Å². The normalized spacial score (nSPS) is 10.3. The van der Waals surface area contributed by atoms with E-state index in [9.17, 15) is 14.7 Å². The van der Waals surface area contributed by atoms with Gasteiger partial charge < -0.3 is 15.5 Å². The van der Waals surface area contributed by atoms with Crippen molar-refractivity contribution in [1.29, 1.82) is 0 Å². The lowest BCUT2D eigenvalue weighted by Gasteiger charge is -2.09. The third kappa shape index (κ3) is 2.10. The molecular formula is C13H11NO4. The molecule has 0 atom stereocenters. The van der Waals surface area contributed by atoms with Crippen LogP contribution in [0.4, 0.5) is 5.69 Å². The third-order valence-corrected chi connectivity index (χ3v) is 2.53. The summed E-state index contributed by atoms with van der Waals surface area (Å²) in [7, 11) is 0. The number of phenols is 1. The van der Waals surface area contributed by atoms with Gasteiger partial charge in [0, 0.05) is 23.4 Å². The van der Waals surface area contributed by atoms with Crippen molar-refractivity contribution in [2.75, 3.05) is 5.32 Å². The van der Waals surface area contributed by atoms with Gasteiger partial charge >= 0.3 is 5.97 Å². The van der Waals surface area contributed by atoms with Crippen molar-refractivity contribution in [2.24, 2.45) is 0 Å². The number of carboxylic acid groups (broad SMARTS) is 1. The van der Waals surface area contributed by atoms with Gasteiger partial charge in [0.2, 0.25) is 5.91 Å². The zero-order chi connectivity index (χ0) is 13.3. The largest absolute Gasteiger partial charge is 0.507 e. The van der Waals surface area contributed by atoms with E-state index in [0.717, 1.165) is 0 Å². The molecule has 0 aliphatic carbocycles. The number of nitrogens with one attached hydrogen (secondary N) is 1. The van der Waals surface area contributed by atoms with E-state index in [1.165, 1.54) is 19.1 Å². The topological polar surface area (TPSA) is 86.6 Å². The van der Waals surface area contributed by atoms with Crippen LogP contribution in [0.1, 0.15) is 17.3 Å². The average Bonchev–Trinajstić information content (AvgIpc) is 2.29. The van der Waals surface area contributed by atoms with E-state index in [1.807, 2.05) is 0 Å². The zero-order valence-electron chi connectivity index (χ0n) is 9.60. The van der Waals surface area contributed by atoms with Crippen LogP contribution < -0.4 is 5.32 Å². The predicted molar refractivity (Wildman–Crippen MR) is 66.9 cm³/mol. The fourth-order valence-electron chi connectivity index (χ4n) is 1.79. The summed E-state index contributed by atoms with van der Waals surface area (Å²) in [5.41, 5.74) is 0.441. The summed E-state index contributed by atoms with van der Waals surface area (Å²) in [6.07, 6.45) is 0. The SMILES string of the molecule is CC(=O)Nc1cccc2c(O)cc(C(=O)O)cc12. The number of amides is 1. The fraction of sp³-hybridized carbons (Fsp3) is 0.0769. The number of rotatable bonds is 2. The fourth-order valence-corrected chi connectivity index (χ4v) is 1.79. The molecule has 0 saturated carbocycles. The third-order valence-electron chi connectivity index (χ3n) is 2.53. The lowest BCUT2D eigenvalue weighted by Crippen LogP contribution is -2.06. The number of hydrogen-bond acceptors (Lipinski definition) is 3. The van der Waals surface area contributed by atoms with Crippen molar-refractivity contribution in [3.8, 4) is 5.75 Å². The van der Waals surface area contributed by atoms with E-state index in [4.69, 9.17) is 5.11 Å². The summed E-state index contributed by atoms with van der Waals surface area (Å²) in [6, 6.07) is 7.58. The van der Waals surface area contributed by atoms with Gasteiger partial charge in [-0.2, -0.15) is 0 Å². The number of anilines is 1. The number of benzene rings is 2. The molecule has 0 aliphatic rings. The first-order valence-corrected chi connectivity index (χ1v) is 5.25. The summed E-state index contributed by atoms with van der Waals surface area (Å²) in [4.78, 5) is 22.0. The molecule has 0 aromatic heterocycles. The summed E-state index contributed by atoms with van der Waals surface area (Å²) >= 11 is 0. The second-order valence-electron chi connectivity index (χ2n) is 3.88. The number of carboxylic acids is 1. The van der Waals surface area contributed by atoms with Crippen molar-refractivity contribution in [1.82, 2.24) is 0 Å². The van der Waals surface area contributed by atoms with Crippen molar-refractivity contribution in [3.05, 3.63) is 35.9 Å². The number of carbonyl (C=O) groups excluding carboxylic acids is 1. The Kier molecular flexibility index (Phi) is 2.89. The molecule has 0 spiro atoms. The molecule has 3 N–H and O–H groups in total. The molecular weight excluding hydrogens is 234 g/mol. The lowest BCUT2D eigenvalue weighted by atomic mass is 10.0. The van der Waals surface area contributed by atoms with Crippen molar-refractivity contribution in [2.45, 2.75) is 6.92 Å². The number of hydrogen-bond donors (Lipinski definition) is 3. The Morgan fingerprint density at radius 1 is 1.17 bits per heavy atom. The Balaban J connectivity index is 2.73. The van der Waals surface area contributed by atoms with Gasteiger partial charge in [0.1, 0.15) is 5.75 Å². The van der Waals surface area contributed by atoms with E-state index in [-0.39, 0.29) is 17.2 Å². The standard InChI is InChI=1S/C13H11NO4/c1-7(15)14-11-4-2-3-9-10(11)5-8(13(17)18)6-12(9)16/h2-6,16H,1H3,(H,14,15)(H,17,18). The number of aromatic carboxylic acids is 1. The van der Waals surface area contributed by atoms with E-state index in [2.05, 4.69) is 5.32 Å². The molecule has 2 rings (SSSR count). The monoisotopic (exact) mass is 245 g/mol. The molecule has 5 heteroatoms. The summed E-state index contributed by atoms with van der Waals surface area (Å²) in [6.45, 7) is 1.36. The van der Waals surface area contributed by atoms with E-state index < -0.39 is 5.97 Å². The van der Waals surface area contributed by atoms with Crippen molar-refractivity contribution >= 4 is 28.3 Å². The van der Waals surface area contributed by atoms with Gasteiger partial charge in [-0.3, -0.25) is 4.79 Å². The Bertz CT molecular complexity index is 649. The van der Waals surface area contributed by atoms with Gasteiger partial charge in [-0.25, -0.2) is 4.79 Å². The second-order valence-corrected chi connectivity index (χ2v) is 3.88. The number of fused-ring (bicyclic) bond motifs is 1. The minimum atomic E-state index is -1.13. The smallest absolute Gasteiger partial charge is 0.335 e. The van der Waals surface area contributed by atoms with Crippen LogP contribution in [0.3, 0.4) is 0 Å². The Morgan fingerprint density at radius 3 is 2.50 bits per heavy atom. The maximum atomic E-state index is 11.1. The summed E-state index contributed by atoms with van der Waals surface area (Å²) in [5.74, 6) is -1.52. The molecule has 0 heterocycles. The molecule has 18 heavy (non-hydrogen) atoms. The highest BCUT2D eigenvalue weighted by Crippen LogP contribution is 2.31. The molecule has 0 aliphatic heterocycles. The molecule has 0 bridgehead atoms. The van der Waals surface area contributed by atoms with Crippen LogP contribution >= 0.6 is 0 Å². The molecule has 1 amide bonds. The number of carbonyl (C=O) groups is 2. The van der Waals surface area contributed by atoms with E-state index in [0.29, 0.717) is 16.5 Å². The minimum Gasteiger partial charge on any atom is -0.507 e. The lowest BCUT2D eigenvalue weighted by molar-refractivity contribution is -0.114. The molecule has 0 fully saturated rings. The van der Waals surface area contributed by atoms with Crippen molar-refractivity contribution in [3.63, 3.8) is 0 Å². The van der Waals surface area contributed by atoms with Gasteiger partial charge in [0.15, 0.2) is 0 Å². The number of aromatic hydroxyl groups is 1. The van der Waals surface area contributed by atoms with Crippen LogP contribution in [0.5, 0.6) is 5.75 Å². The van der Waals surface area contributed by atoms with Crippen LogP contribution in [-0.2, 0) is 4.79 Å². The predicted octanol–water partition coefficient (Wildman–Crippen LogP) is 2.20. The van der Waals surface area contributed by atoms with Gasteiger partial charge in [-0.15, -0.1) is 0 Å². The first-order valence-electron chi connectivity index (χ1n) is 5.25. The maximum Gasteiger partial charge on any atom is 0.335 e. The highest BCUT2D eigenvalue weighted by molar-refractivity contribution is 6.06. The minimum absolute atomic E-state index is 0.0298. The van der Waals surface area contributed by atoms with Crippen LogP contribution in [0.25, 0.3) is 10.8 Å². The second kappa shape index (κ2) is 4.37. The van der Waals surface area contributed by atoms with Crippen LogP contribution in [0.15, 0.2) is 30.3 Å². The van der Waals surface area contributed by atoms with Crippen LogP contribution in [-0.4, -0.2) is 22.1 Å². The molecule has 5 nitrogen and oxygen atoms in total. The molecule has 2 aromatic carbocycles. The highest BCUT2D eigenvalue weighted by Gasteiger charge is 2.11.